The van der Waals surface area contributed by atoms with Gasteiger partial charge in [-0.3, -0.25) is 9.59 Å². The van der Waals surface area contributed by atoms with E-state index < -0.39 is 0 Å². The molecule has 0 aliphatic carbocycles. The van der Waals surface area contributed by atoms with Crippen LogP contribution in [0.1, 0.15) is 13.8 Å². The number of anilines is 1. The summed E-state index contributed by atoms with van der Waals surface area (Å²) in [5.74, 6) is -0.103. The molecule has 0 heterocycles. The monoisotopic (exact) mass is 271 g/mol. The number of halogens is 1. The first-order valence-corrected chi connectivity index (χ1v) is 5.04. The van der Waals surface area contributed by atoms with Gasteiger partial charge in [0.15, 0.2) is 0 Å². The molecule has 0 spiro atoms. The molecule has 0 aliphatic rings. The largest absolute Gasteiger partial charge is 0.427 e. The van der Waals surface area contributed by atoms with Crippen molar-refractivity contribution in [1.29, 1.82) is 0 Å². The zero-order chi connectivity index (χ0) is 11.4. The molecular formula is C10H10BrNO3. The Morgan fingerprint density at radius 1 is 1.33 bits per heavy atom. The number of carbonyl (C=O) groups excluding carboxylic acids is 2. The Labute approximate surface area is 95.7 Å². The van der Waals surface area contributed by atoms with Gasteiger partial charge in [0.05, 0.1) is 5.69 Å². The average molecular weight is 272 g/mol. The van der Waals surface area contributed by atoms with Crippen LogP contribution in [0.15, 0.2) is 22.7 Å². The smallest absolute Gasteiger partial charge is 0.308 e. The number of hydrogen-bond donors (Lipinski definition) is 1. The Morgan fingerprint density at radius 3 is 2.47 bits per heavy atom. The fourth-order valence-corrected chi connectivity index (χ4v) is 1.47. The number of rotatable bonds is 2. The van der Waals surface area contributed by atoms with Gasteiger partial charge in [0.1, 0.15) is 5.75 Å². The molecule has 0 saturated heterocycles. The molecule has 0 aliphatic heterocycles. The van der Waals surface area contributed by atoms with Crippen LogP contribution in [0.4, 0.5) is 5.69 Å². The minimum Gasteiger partial charge on any atom is -0.427 e. The summed E-state index contributed by atoms with van der Waals surface area (Å²) >= 11 is 3.26. The van der Waals surface area contributed by atoms with E-state index in [0.717, 1.165) is 0 Å². The number of benzene rings is 1. The van der Waals surface area contributed by atoms with Gasteiger partial charge in [-0.05, 0) is 34.1 Å². The second-order valence-corrected chi connectivity index (χ2v) is 3.77. The van der Waals surface area contributed by atoms with Crippen LogP contribution in [0, 0.1) is 0 Å². The molecule has 0 bridgehead atoms. The van der Waals surface area contributed by atoms with Crippen molar-refractivity contribution in [3.05, 3.63) is 22.7 Å². The Kier molecular flexibility index (Phi) is 3.85. The van der Waals surface area contributed by atoms with E-state index in [-0.39, 0.29) is 11.9 Å². The molecule has 4 nitrogen and oxygen atoms in total. The number of ether oxygens (including phenoxy) is 1. The van der Waals surface area contributed by atoms with Gasteiger partial charge in [-0.25, -0.2) is 0 Å². The van der Waals surface area contributed by atoms with Crippen molar-refractivity contribution in [3.8, 4) is 5.75 Å². The number of hydrogen-bond acceptors (Lipinski definition) is 3. The summed E-state index contributed by atoms with van der Waals surface area (Å²) in [6, 6.07) is 4.88. The van der Waals surface area contributed by atoms with E-state index in [2.05, 4.69) is 21.2 Å². The molecule has 1 aromatic carbocycles. The molecule has 0 radical (unpaired) electrons. The third-order valence-electron chi connectivity index (χ3n) is 1.51. The van der Waals surface area contributed by atoms with Crippen LogP contribution in [0.2, 0.25) is 0 Å². The van der Waals surface area contributed by atoms with Crippen molar-refractivity contribution in [2.24, 2.45) is 0 Å². The summed E-state index contributed by atoms with van der Waals surface area (Å²) in [6.45, 7) is 2.75. The van der Waals surface area contributed by atoms with Crippen LogP contribution in [0.3, 0.4) is 0 Å². The predicted octanol–water partition coefficient (Wildman–Crippen LogP) is 2.33. The second kappa shape index (κ2) is 4.93. The first-order chi connectivity index (χ1) is 6.99. The summed E-state index contributed by atoms with van der Waals surface area (Å²) < 4.78 is 5.54. The molecule has 0 unspecified atom stereocenters. The predicted molar refractivity (Wildman–Crippen MR) is 59.8 cm³/mol. The molecular weight excluding hydrogens is 262 g/mol. The van der Waals surface area contributed by atoms with E-state index in [4.69, 9.17) is 4.74 Å². The van der Waals surface area contributed by atoms with Crippen molar-refractivity contribution < 1.29 is 14.3 Å². The third-order valence-corrected chi connectivity index (χ3v) is 2.17. The highest BCUT2D eigenvalue weighted by molar-refractivity contribution is 9.10. The quantitative estimate of drug-likeness (QED) is 0.664. The van der Waals surface area contributed by atoms with Crippen molar-refractivity contribution in [3.63, 3.8) is 0 Å². The molecule has 0 atom stereocenters. The highest BCUT2D eigenvalue weighted by Gasteiger charge is 2.04. The minimum absolute atomic E-state index is 0.157. The fourth-order valence-electron chi connectivity index (χ4n) is 1.02. The summed E-state index contributed by atoms with van der Waals surface area (Å²) in [5.41, 5.74) is 0.637. The van der Waals surface area contributed by atoms with Crippen LogP contribution in [-0.4, -0.2) is 11.9 Å². The molecule has 15 heavy (non-hydrogen) atoms. The third kappa shape index (κ3) is 3.71. The molecule has 1 amide bonds. The first-order valence-electron chi connectivity index (χ1n) is 4.24. The van der Waals surface area contributed by atoms with E-state index in [0.29, 0.717) is 15.9 Å². The lowest BCUT2D eigenvalue weighted by Crippen LogP contribution is -2.07. The van der Waals surface area contributed by atoms with Gasteiger partial charge in [0.25, 0.3) is 0 Å². The molecule has 0 aromatic heterocycles. The molecule has 5 heteroatoms. The molecule has 0 saturated carbocycles. The molecule has 1 rings (SSSR count). The van der Waals surface area contributed by atoms with Gasteiger partial charge in [-0.1, -0.05) is 0 Å². The van der Waals surface area contributed by atoms with Crippen molar-refractivity contribution in [2.45, 2.75) is 13.8 Å². The van der Waals surface area contributed by atoms with Crippen LogP contribution in [0.5, 0.6) is 5.75 Å². The lowest BCUT2D eigenvalue weighted by molar-refractivity contribution is -0.131. The maximum atomic E-state index is 10.8. The molecule has 0 fully saturated rings. The highest BCUT2D eigenvalue weighted by atomic mass is 79.9. The van der Waals surface area contributed by atoms with E-state index in [1.807, 2.05) is 0 Å². The lowest BCUT2D eigenvalue weighted by atomic mass is 10.3. The van der Waals surface area contributed by atoms with E-state index in [9.17, 15) is 9.59 Å². The second-order valence-electron chi connectivity index (χ2n) is 2.92. The average Bonchev–Trinajstić information content (AvgIpc) is 2.08. The van der Waals surface area contributed by atoms with E-state index >= 15 is 0 Å². The van der Waals surface area contributed by atoms with Crippen LogP contribution in [-0.2, 0) is 9.59 Å². The van der Waals surface area contributed by atoms with Crippen LogP contribution >= 0.6 is 15.9 Å². The summed E-state index contributed by atoms with van der Waals surface area (Å²) in [7, 11) is 0. The van der Waals surface area contributed by atoms with Crippen LogP contribution < -0.4 is 10.1 Å². The molecule has 1 aromatic rings. The Bertz CT molecular complexity index is 404. The normalized spacial score (nSPS) is 9.53. The van der Waals surface area contributed by atoms with E-state index in [1.165, 1.54) is 13.8 Å². The Balaban J connectivity index is 2.87. The number of amides is 1. The summed E-state index contributed by atoms with van der Waals surface area (Å²) in [6.07, 6.45) is 0. The standard InChI is InChI=1S/C10H10BrNO3/c1-6(13)12-10-4-3-8(5-9(10)11)15-7(2)14/h3-5H,1-2H3,(H,12,13). The lowest BCUT2D eigenvalue weighted by Gasteiger charge is -2.07. The number of carbonyl (C=O) groups is 2. The highest BCUT2D eigenvalue weighted by Crippen LogP contribution is 2.27. The topological polar surface area (TPSA) is 55.4 Å². The van der Waals surface area contributed by atoms with Gasteiger partial charge in [0.2, 0.25) is 5.91 Å². The van der Waals surface area contributed by atoms with Crippen molar-refractivity contribution in [1.82, 2.24) is 0 Å². The molecule has 1 N–H and O–H groups in total. The zero-order valence-corrected chi connectivity index (χ0v) is 9.92. The van der Waals surface area contributed by atoms with Gasteiger partial charge < -0.3 is 10.1 Å². The van der Waals surface area contributed by atoms with Crippen LogP contribution in [0.25, 0.3) is 0 Å². The van der Waals surface area contributed by atoms with Gasteiger partial charge in [0, 0.05) is 18.3 Å². The van der Waals surface area contributed by atoms with Crippen molar-refractivity contribution >= 4 is 33.5 Å². The Morgan fingerprint density at radius 2 is 2.00 bits per heavy atom. The van der Waals surface area contributed by atoms with Gasteiger partial charge in [-0.15, -0.1) is 0 Å². The number of nitrogens with one attached hydrogen (secondary N) is 1. The fraction of sp³-hybridized carbons (Fsp3) is 0.200. The zero-order valence-electron chi connectivity index (χ0n) is 8.33. The van der Waals surface area contributed by atoms with Crippen molar-refractivity contribution in [2.75, 3.05) is 5.32 Å². The minimum atomic E-state index is -0.380. The van der Waals surface area contributed by atoms with Gasteiger partial charge in [-0.2, -0.15) is 0 Å². The Hall–Kier alpha value is -1.36. The summed E-state index contributed by atoms with van der Waals surface area (Å²) in [5, 5.41) is 2.63. The molecule has 80 valence electrons. The number of esters is 1. The maximum Gasteiger partial charge on any atom is 0.308 e. The van der Waals surface area contributed by atoms with E-state index in [1.54, 1.807) is 18.2 Å². The maximum absolute atomic E-state index is 10.8. The first kappa shape index (κ1) is 11.7. The SMILES string of the molecule is CC(=O)Nc1ccc(OC(C)=O)cc1Br. The van der Waals surface area contributed by atoms with Gasteiger partial charge >= 0.3 is 5.97 Å². The summed E-state index contributed by atoms with van der Waals surface area (Å²) in [4.78, 5) is 21.5.